The van der Waals surface area contributed by atoms with E-state index in [4.69, 9.17) is 0 Å². The minimum Gasteiger partial charge on any atom is -0.319 e. The van der Waals surface area contributed by atoms with Crippen molar-refractivity contribution in [3.8, 4) is 5.69 Å². The number of amidine groups is 1. The summed E-state index contributed by atoms with van der Waals surface area (Å²) in [6.07, 6.45) is -3.49. The first-order valence-electron chi connectivity index (χ1n) is 9.50. The molecule has 11 heteroatoms. The summed E-state index contributed by atoms with van der Waals surface area (Å²) in [6, 6.07) is 14.5. The zero-order chi connectivity index (χ0) is 22.9. The van der Waals surface area contributed by atoms with Crippen LogP contribution in [0.25, 0.3) is 5.69 Å². The van der Waals surface area contributed by atoms with E-state index in [0.29, 0.717) is 11.4 Å². The highest BCUT2D eigenvalue weighted by Gasteiger charge is 2.35. The van der Waals surface area contributed by atoms with Crippen LogP contribution in [0.2, 0.25) is 0 Å². The molecule has 1 aliphatic heterocycles. The van der Waals surface area contributed by atoms with Gasteiger partial charge in [-0.3, -0.25) is 15.0 Å². The van der Waals surface area contributed by atoms with E-state index in [0.717, 1.165) is 16.9 Å². The molecule has 4 rings (SSSR count). The van der Waals surface area contributed by atoms with Gasteiger partial charge in [0.25, 0.3) is 11.8 Å². The number of alkyl halides is 3. The monoisotopic (exact) mass is 442 g/mol. The van der Waals surface area contributed by atoms with Crippen LogP contribution >= 0.6 is 0 Å². The van der Waals surface area contributed by atoms with E-state index in [1.165, 1.54) is 29.3 Å². The number of rotatable bonds is 4. The summed E-state index contributed by atoms with van der Waals surface area (Å²) < 4.78 is 40.0. The molecule has 0 aliphatic carbocycles. The molecular formula is C21H17F3N6O2. The number of nitrogens with one attached hydrogen (secondary N) is 2. The summed E-state index contributed by atoms with van der Waals surface area (Å²) in [4.78, 5) is 29.2. The van der Waals surface area contributed by atoms with Gasteiger partial charge in [-0.25, -0.2) is 14.7 Å². The average molecular weight is 442 g/mol. The molecule has 164 valence electrons. The number of halogens is 3. The van der Waals surface area contributed by atoms with Crippen LogP contribution in [0.3, 0.4) is 0 Å². The molecule has 32 heavy (non-hydrogen) atoms. The van der Waals surface area contributed by atoms with Crippen molar-refractivity contribution in [2.45, 2.75) is 19.1 Å². The highest BCUT2D eigenvalue weighted by Crippen LogP contribution is 2.30. The van der Waals surface area contributed by atoms with Crippen molar-refractivity contribution in [2.75, 3.05) is 10.3 Å². The summed E-state index contributed by atoms with van der Waals surface area (Å²) in [7, 11) is 0. The van der Waals surface area contributed by atoms with Crippen LogP contribution in [0, 0.1) is 0 Å². The molecule has 1 aliphatic rings. The normalized spacial score (nSPS) is 16.4. The van der Waals surface area contributed by atoms with E-state index >= 15 is 0 Å². The molecule has 0 bridgehead atoms. The van der Waals surface area contributed by atoms with Gasteiger partial charge in [0.1, 0.15) is 11.7 Å². The molecular weight excluding hydrogens is 425 g/mol. The zero-order valence-electron chi connectivity index (χ0n) is 16.7. The second-order valence-electron chi connectivity index (χ2n) is 6.90. The molecule has 2 aromatic carbocycles. The van der Waals surface area contributed by atoms with Crippen LogP contribution < -0.4 is 15.8 Å². The number of aromatic nitrogens is 2. The molecule has 1 atom stereocenters. The number of amides is 2. The van der Waals surface area contributed by atoms with Crippen molar-refractivity contribution in [1.29, 1.82) is 0 Å². The number of hydrazine groups is 1. The Labute approximate surface area is 180 Å². The van der Waals surface area contributed by atoms with Gasteiger partial charge in [-0.1, -0.05) is 18.2 Å². The van der Waals surface area contributed by atoms with Crippen molar-refractivity contribution in [2.24, 2.45) is 4.99 Å². The van der Waals surface area contributed by atoms with Gasteiger partial charge in [-0.15, -0.1) is 0 Å². The fourth-order valence-corrected chi connectivity index (χ4v) is 3.10. The lowest BCUT2D eigenvalue weighted by atomic mass is 10.2. The first-order valence-corrected chi connectivity index (χ1v) is 9.50. The first-order chi connectivity index (χ1) is 15.2. The fraction of sp³-hybridized carbons (Fsp3) is 0.143. The standard InChI is InChI=1S/C21H17F3N6O2/c1-13-20(32)30(15-5-3-2-4-6-15)28-18(26-13)19(31)27-14-7-9-16(10-8-14)29-17(11-12-25-29)21(22,23)24/h2-13H,1H3,(H,26,28)(H,27,31). The molecule has 0 fully saturated rings. The maximum absolute atomic E-state index is 13.1. The molecule has 0 saturated carbocycles. The minimum absolute atomic E-state index is 0.0727. The number of carbonyl (C=O) groups excluding carboxylic acids is 2. The second-order valence-corrected chi connectivity index (χ2v) is 6.90. The number of hydrogen-bond donors (Lipinski definition) is 2. The van der Waals surface area contributed by atoms with Crippen LogP contribution in [0.4, 0.5) is 24.5 Å². The van der Waals surface area contributed by atoms with Gasteiger partial charge in [0.2, 0.25) is 5.84 Å². The van der Waals surface area contributed by atoms with Gasteiger partial charge in [0, 0.05) is 5.69 Å². The number of para-hydroxylation sites is 1. The Morgan fingerprint density at radius 2 is 1.72 bits per heavy atom. The van der Waals surface area contributed by atoms with E-state index in [1.807, 2.05) is 0 Å². The van der Waals surface area contributed by atoms with E-state index < -0.39 is 23.8 Å². The summed E-state index contributed by atoms with van der Waals surface area (Å²) in [5.74, 6) is -0.999. The van der Waals surface area contributed by atoms with Crippen LogP contribution in [0.1, 0.15) is 12.6 Å². The molecule has 0 radical (unpaired) electrons. The van der Waals surface area contributed by atoms with Gasteiger partial charge in [-0.05, 0) is 49.4 Å². The third-order valence-electron chi connectivity index (χ3n) is 4.65. The summed E-state index contributed by atoms with van der Waals surface area (Å²) in [5.41, 5.74) is 2.87. The molecule has 2 heterocycles. The Bertz CT molecular complexity index is 1170. The van der Waals surface area contributed by atoms with Gasteiger partial charge in [0.15, 0.2) is 0 Å². The van der Waals surface area contributed by atoms with E-state index in [2.05, 4.69) is 20.8 Å². The Morgan fingerprint density at radius 3 is 2.38 bits per heavy atom. The smallest absolute Gasteiger partial charge is 0.319 e. The van der Waals surface area contributed by atoms with Gasteiger partial charge >= 0.3 is 6.18 Å². The Kier molecular flexibility index (Phi) is 5.39. The third kappa shape index (κ3) is 4.17. The Morgan fingerprint density at radius 1 is 1.03 bits per heavy atom. The predicted octanol–water partition coefficient (Wildman–Crippen LogP) is 3.17. The average Bonchev–Trinajstić information content (AvgIpc) is 3.27. The maximum atomic E-state index is 13.1. The summed E-state index contributed by atoms with van der Waals surface area (Å²) >= 11 is 0. The van der Waals surface area contributed by atoms with Crippen molar-refractivity contribution in [1.82, 2.24) is 15.2 Å². The highest BCUT2D eigenvalue weighted by molar-refractivity contribution is 6.43. The topological polar surface area (TPSA) is 91.6 Å². The lowest BCUT2D eigenvalue weighted by molar-refractivity contribution is -0.142. The number of carbonyl (C=O) groups is 2. The van der Waals surface area contributed by atoms with Gasteiger partial charge < -0.3 is 5.32 Å². The van der Waals surface area contributed by atoms with Crippen LogP contribution in [0.5, 0.6) is 0 Å². The number of anilines is 2. The zero-order valence-corrected chi connectivity index (χ0v) is 16.7. The fourth-order valence-electron chi connectivity index (χ4n) is 3.10. The van der Waals surface area contributed by atoms with E-state index in [1.54, 1.807) is 37.3 Å². The highest BCUT2D eigenvalue weighted by atomic mass is 19.4. The van der Waals surface area contributed by atoms with E-state index in [9.17, 15) is 22.8 Å². The molecule has 2 amide bonds. The summed E-state index contributed by atoms with van der Waals surface area (Å²) in [5, 5.41) is 7.57. The van der Waals surface area contributed by atoms with Crippen molar-refractivity contribution in [3.63, 3.8) is 0 Å². The van der Waals surface area contributed by atoms with Crippen molar-refractivity contribution < 1.29 is 22.8 Å². The van der Waals surface area contributed by atoms with Crippen molar-refractivity contribution in [3.05, 3.63) is 72.6 Å². The first kappa shape index (κ1) is 21.1. The SMILES string of the molecule is CC1N=C(C(=O)Nc2ccc(-n3nccc3C(F)(F)F)cc2)NN(c2ccccc2)C1=O. The number of nitrogens with zero attached hydrogens (tertiary/aromatic N) is 4. The second kappa shape index (κ2) is 8.17. The predicted molar refractivity (Wildman–Crippen MR) is 111 cm³/mol. The van der Waals surface area contributed by atoms with Crippen LogP contribution in [-0.4, -0.2) is 33.5 Å². The molecule has 0 spiro atoms. The third-order valence-corrected chi connectivity index (χ3v) is 4.65. The number of benzene rings is 2. The molecule has 2 N–H and O–H groups in total. The summed E-state index contributed by atoms with van der Waals surface area (Å²) in [6.45, 7) is 1.57. The van der Waals surface area contributed by atoms with E-state index in [-0.39, 0.29) is 17.4 Å². The largest absolute Gasteiger partial charge is 0.433 e. The molecule has 1 unspecified atom stereocenters. The van der Waals surface area contributed by atoms with Gasteiger partial charge in [-0.2, -0.15) is 18.3 Å². The minimum atomic E-state index is -4.55. The molecule has 1 aromatic heterocycles. The van der Waals surface area contributed by atoms with Gasteiger partial charge in [0.05, 0.1) is 17.6 Å². The van der Waals surface area contributed by atoms with Crippen molar-refractivity contribution >= 4 is 29.0 Å². The van der Waals surface area contributed by atoms with Crippen LogP contribution in [-0.2, 0) is 15.8 Å². The molecule has 8 nitrogen and oxygen atoms in total. The molecule has 3 aromatic rings. The Hall–Kier alpha value is -4.15. The molecule has 0 saturated heterocycles. The lowest BCUT2D eigenvalue weighted by Gasteiger charge is -2.30. The van der Waals surface area contributed by atoms with Crippen LogP contribution in [0.15, 0.2) is 71.9 Å². The maximum Gasteiger partial charge on any atom is 0.433 e. The lowest BCUT2D eigenvalue weighted by Crippen LogP contribution is -2.57. The number of hydrogen-bond acceptors (Lipinski definition) is 5. The quantitative estimate of drug-likeness (QED) is 0.649. The number of aliphatic imine (C=N–C) groups is 1. The Balaban J connectivity index is 1.50.